The first-order chi connectivity index (χ1) is 17.1. The number of nitrogens with zero attached hydrogens (tertiary/aromatic N) is 1. The Balaban J connectivity index is 1.72. The van der Waals surface area contributed by atoms with E-state index >= 15 is 0 Å². The quantitative estimate of drug-likeness (QED) is 0.327. The number of anilines is 1. The van der Waals surface area contributed by atoms with Crippen molar-refractivity contribution in [3.8, 4) is 5.75 Å². The Bertz CT molecular complexity index is 1370. The van der Waals surface area contributed by atoms with Gasteiger partial charge in [-0.2, -0.15) is 4.31 Å². The number of amides is 1. The van der Waals surface area contributed by atoms with Crippen LogP contribution >= 0.6 is 0 Å². The SMILES string of the molecule is COc1ccc(C(=O)OCC(=O)Nc2cccc(C(C)=O)c2)cc1S(=O)(=O)N(C)Cc1ccccc1. The van der Waals surface area contributed by atoms with E-state index in [1.54, 1.807) is 30.3 Å². The second-order valence-corrected chi connectivity index (χ2v) is 9.89. The van der Waals surface area contributed by atoms with E-state index in [9.17, 15) is 22.8 Å². The molecule has 3 rings (SSSR count). The molecule has 0 aliphatic heterocycles. The van der Waals surface area contributed by atoms with Gasteiger partial charge in [0.2, 0.25) is 10.0 Å². The number of nitrogens with one attached hydrogen (secondary N) is 1. The maximum atomic E-state index is 13.2. The molecule has 0 radical (unpaired) electrons. The van der Waals surface area contributed by atoms with Crippen LogP contribution in [0.1, 0.15) is 33.2 Å². The van der Waals surface area contributed by atoms with Crippen LogP contribution in [0.3, 0.4) is 0 Å². The van der Waals surface area contributed by atoms with Gasteiger partial charge in [0.15, 0.2) is 12.4 Å². The number of hydrogen-bond donors (Lipinski definition) is 1. The third kappa shape index (κ3) is 6.55. The van der Waals surface area contributed by atoms with Crippen molar-refractivity contribution >= 4 is 33.4 Å². The Hall–Kier alpha value is -4.02. The Morgan fingerprint density at radius 3 is 2.31 bits per heavy atom. The number of esters is 1. The van der Waals surface area contributed by atoms with Gasteiger partial charge in [0.1, 0.15) is 10.6 Å². The molecule has 0 saturated heterocycles. The molecule has 3 aromatic carbocycles. The summed E-state index contributed by atoms with van der Waals surface area (Å²) in [7, 11) is -1.27. The molecule has 0 spiro atoms. The minimum Gasteiger partial charge on any atom is -0.495 e. The van der Waals surface area contributed by atoms with E-state index in [4.69, 9.17) is 9.47 Å². The van der Waals surface area contributed by atoms with Crippen LogP contribution in [0.2, 0.25) is 0 Å². The van der Waals surface area contributed by atoms with Crippen molar-refractivity contribution in [2.75, 3.05) is 26.1 Å². The van der Waals surface area contributed by atoms with Crippen LogP contribution in [-0.2, 0) is 26.1 Å². The van der Waals surface area contributed by atoms with Crippen LogP contribution in [-0.4, -0.2) is 51.1 Å². The first-order valence-electron chi connectivity index (χ1n) is 10.9. The molecule has 0 heterocycles. The van der Waals surface area contributed by atoms with Crippen LogP contribution in [0.5, 0.6) is 5.75 Å². The topological polar surface area (TPSA) is 119 Å². The van der Waals surface area contributed by atoms with Crippen molar-refractivity contribution in [3.05, 3.63) is 89.5 Å². The van der Waals surface area contributed by atoms with E-state index in [2.05, 4.69) is 5.32 Å². The molecule has 3 aromatic rings. The molecule has 188 valence electrons. The summed E-state index contributed by atoms with van der Waals surface area (Å²) < 4.78 is 37.9. The fourth-order valence-electron chi connectivity index (χ4n) is 3.33. The van der Waals surface area contributed by atoms with Gasteiger partial charge in [0.25, 0.3) is 5.91 Å². The standard InChI is InChI=1S/C26H26N2O7S/c1-18(29)20-10-7-11-22(14-20)27-25(30)17-35-26(31)21-12-13-23(34-3)24(15-21)36(32,33)28(2)16-19-8-5-4-6-9-19/h4-15H,16-17H2,1-3H3,(H,27,30). The molecular formula is C26H26N2O7S. The number of Topliss-reactive ketones (excluding diaryl/α,β-unsaturated/α-hetero) is 1. The number of carbonyl (C=O) groups is 3. The van der Waals surface area contributed by atoms with Crippen LogP contribution in [0.25, 0.3) is 0 Å². The highest BCUT2D eigenvalue weighted by Gasteiger charge is 2.27. The Morgan fingerprint density at radius 1 is 0.917 bits per heavy atom. The highest BCUT2D eigenvalue weighted by atomic mass is 32.2. The third-order valence-corrected chi connectivity index (χ3v) is 7.05. The van der Waals surface area contributed by atoms with Gasteiger partial charge in [-0.05, 0) is 42.8 Å². The number of hydrogen-bond acceptors (Lipinski definition) is 7. The van der Waals surface area contributed by atoms with E-state index in [-0.39, 0.29) is 28.5 Å². The van der Waals surface area contributed by atoms with Crippen molar-refractivity contribution in [2.24, 2.45) is 0 Å². The molecule has 0 aliphatic carbocycles. The zero-order valence-electron chi connectivity index (χ0n) is 20.1. The monoisotopic (exact) mass is 510 g/mol. The third-order valence-electron chi connectivity index (χ3n) is 5.22. The number of benzene rings is 3. The van der Waals surface area contributed by atoms with E-state index in [1.165, 1.54) is 39.3 Å². The summed E-state index contributed by atoms with van der Waals surface area (Å²) in [4.78, 5) is 36.1. The number of sulfonamides is 1. The average molecular weight is 511 g/mol. The summed E-state index contributed by atoms with van der Waals surface area (Å²) in [5.41, 5.74) is 1.53. The van der Waals surface area contributed by atoms with E-state index < -0.39 is 28.5 Å². The molecule has 0 aromatic heterocycles. The second-order valence-electron chi connectivity index (χ2n) is 7.87. The van der Waals surface area contributed by atoms with Gasteiger partial charge in [-0.1, -0.05) is 42.5 Å². The molecule has 1 N–H and O–H groups in total. The lowest BCUT2D eigenvalue weighted by molar-refractivity contribution is -0.119. The second kappa shape index (κ2) is 11.6. The zero-order valence-corrected chi connectivity index (χ0v) is 20.9. The summed E-state index contributed by atoms with van der Waals surface area (Å²) in [6.07, 6.45) is 0. The number of carbonyl (C=O) groups excluding carboxylic acids is 3. The summed E-state index contributed by atoms with van der Waals surface area (Å²) in [5, 5.41) is 2.55. The number of ether oxygens (including phenoxy) is 2. The normalized spacial score (nSPS) is 11.1. The molecule has 10 heteroatoms. The lowest BCUT2D eigenvalue weighted by Crippen LogP contribution is -2.27. The number of methoxy groups -OCH3 is 1. The molecule has 9 nitrogen and oxygen atoms in total. The molecule has 0 bridgehead atoms. The summed E-state index contributed by atoms with van der Waals surface area (Å²) >= 11 is 0. The van der Waals surface area contributed by atoms with Gasteiger partial charge < -0.3 is 14.8 Å². The van der Waals surface area contributed by atoms with Crippen molar-refractivity contribution in [2.45, 2.75) is 18.4 Å². The molecule has 0 unspecified atom stereocenters. The summed E-state index contributed by atoms with van der Waals surface area (Å²) in [6, 6.07) is 19.3. The zero-order chi connectivity index (χ0) is 26.3. The first-order valence-corrected chi connectivity index (χ1v) is 12.3. The van der Waals surface area contributed by atoms with Gasteiger partial charge in [0, 0.05) is 24.8 Å². The predicted octanol–water partition coefficient (Wildman–Crippen LogP) is 3.51. The highest BCUT2D eigenvalue weighted by molar-refractivity contribution is 7.89. The maximum absolute atomic E-state index is 13.2. The van der Waals surface area contributed by atoms with Gasteiger partial charge in [-0.3, -0.25) is 9.59 Å². The van der Waals surface area contributed by atoms with Gasteiger partial charge in [-0.15, -0.1) is 0 Å². The first kappa shape index (κ1) is 26.6. The minimum atomic E-state index is -4.03. The maximum Gasteiger partial charge on any atom is 0.338 e. The van der Waals surface area contributed by atoms with Crippen molar-refractivity contribution < 1.29 is 32.3 Å². The van der Waals surface area contributed by atoms with Gasteiger partial charge >= 0.3 is 5.97 Å². The Kier molecular flexibility index (Phi) is 8.57. The van der Waals surface area contributed by atoms with Crippen LogP contribution in [0, 0.1) is 0 Å². The predicted molar refractivity (Wildman–Crippen MR) is 133 cm³/mol. The highest BCUT2D eigenvalue weighted by Crippen LogP contribution is 2.28. The van der Waals surface area contributed by atoms with Crippen molar-refractivity contribution in [1.29, 1.82) is 0 Å². The van der Waals surface area contributed by atoms with Crippen LogP contribution in [0.15, 0.2) is 77.7 Å². The fraction of sp³-hybridized carbons (Fsp3) is 0.192. The summed E-state index contributed by atoms with van der Waals surface area (Å²) in [6.45, 7) is 0.919. The Morgan fingerprint density at radius 2 is 1.64 bits per heavy atom. The van der Waals surface area contributed by atoms with Crippen molar-refractivity contribution in [1.82, 2.24) is 4.31 Å². The molecule has 0 fully saturated rings. The largest absolute Gasteiger partial charge is 0.495 e. The molecule has 0 saturated carbocycles. The number of rotatable bonds is 10. The van der Waals surface area contributed by atoms with E-state index in [0.717, 1.165) is 15.9 Å². The Labute approximate surface area is 209 Å². The fourth-order valence-corrected chi connectivity index (χ4v) is 4.66. The molecule has 0 atom stereocenters. The minimum absolute atomic E-state index is 0.0612. The number of ketones is 1. The van der Waals surface area contributed by atoms with Gasteiger partial charge in [0.05, 0.1) is 12.7 Å². The molecule has 1 amide bonds. The lowest BCUT2D eigenvalue weighted by atomic mass is 10.1. The van der Waals surface area contributed by atoms with Crippen LogP contribution in [0.4, 0.5) is 5.69 Å². The van der Waals surface area contributed by atoms with Gasteiger partial charge in [-0.25, -0.2) is 13.2 Å². The van der Waals surface area contributed by atoms with E-state index in [0.29, 0.717) is 11.3 Å². The van der Waals surface area contributed by atoms with Crippen molar-refractivity contribution in [3.63, 3.8) is 0 Å². The van der Waals surface area contributed by atoms with Crippen LogP contribution < -0.4 is 10.1 Å². The summed E-state index contributed by atoms with van der Waals surface area (Å²) in [5.74, 6) is -1.59. The van der Waals surface area contributed by atoms with E-state index in [1.807, 2.05) is 18.2 Å². The molecular weight excluding hydrogens is 484 g/mol. The smallest absolute Gasteiger partial charge is 0.338 e. The average Bonchev–Trinajstić information content (AvgIpc) is 2.87. The molecule has 36 heavy (non-hydrogen) atoms. The molecule has 0 aliphatic rings. The lowest BCUT2D eigenvalue weighted by Gasteiger charge is -2.19.